The Labute approximate surface area is 190 Å². The molecule has 1 aromatic heterocycles. The van der Waals surface area contributed by atoms with Crippen molar-refractivity contribution in [3.8, 4) is 0 Å². The van der Waals surface area contributed by atoms with Gasteiger partial charge in [-0.25, -0.2) is 9.78 Å². The van der Waals surface area contributed by atoms with E-state index in [0.29, 0.717) is 6.41 Å². The number of thioether (sulfide) groups is 1. The summed E-state index contributed by atoms with van der Waals surface area (Å²) >= 11 is 2.39. The van der Waals surface area contributed by atoms with E-state index in [0.717, 1.165) is 24.2 Å². The van der Waals surface area contributed by atoms with Gasteiger partial charge in [-0.2, -0.15) is 0 Å². The van der Waals surface area contributed by atoms with Gasteiger partial charge in [0, 0.05) is 16.8 Å². The lowest BCUT2D eigenvalue weighted by Crippen LogP contribution is -2.69. The molecule has 4 atom stereocenters. The number of carboxylic acids is 1. The van der Waals surface area contributed by atoms with E-state index in [1.54, 1.807) is 12.3 Å². The van der Waals surface area contributed by atoms with Crippen LogP contribution in [0.2, 0.25) is 0 Å². The zero-order valence-corrected chi connectivity index (χ0v) is 18.4. The fraction of sp³-hybridized carbons (Fsp3) is 0.368. The van der Waals surface area contributed by atoms with Crippen molar-refractivity contribution in [2.75, 3.05) is 5.32 Å². The Morgan fingerprint density at radius 1 is 1.44 bits per heavy atom. The molecule has 2 aliphatic heterocycles. The number of carbonyl (C=O) groups excluding carboxylic acids is 3. The number of carbonyl (C=O) groups is 4. The van der Waals surface area contributed by atoms with Gasteiger partial charge in [0.2, 0.25) is 6.41 Å². The van der Waals surface area contributed by atoms with Crippen LogP contribution >= 0.6 is 23.1 Å². The molecule has 3 amide bonds. The van der Waals surface area contributed by atoms with Crippen LogP contribution in [0.5, 0.6) is 0 Å². The van der Waals surface area contributed by atoms with Gasteiger partial charge in [-0.1, -0.05) is 11.2 Å². The summed E-state index contributed by atoms with van der Waals surface area (Å²) in [5.41, 5.74) is 0.199. The summed E-state index contributed by atoms with van der Waals surface area (Å²) in [7, 11) is 0. The number of amides is 3. The maximum atomic E-state index is 13.0. The Kier molecular flexibility index (Phi) is 6.28. The third-order valence-corrected chi connectivity index (χ3v) is 7.28. The summed E-state index contributed by atoms with van der Waals surface area (Å²) in [6, 6.07) is -0.843. The number of carboxylic acid groups (broad SMARTS) is 1. The van der Waals surface area contributed by atoms with Gasteiger partial charge in [-0.15, -0.1) is 23.1 Å². The highest BCUT2D eigenvalue weighted by atomic mass is 32.2. The molecule has 3 heterocycles. The minimum absolute atomic E-state index is 0.123. The van der Waals surface area contributed by atoms with Gasteiger partial charge < -0.3 is 25.5 Å². The van der Waals surface area contributed by atoms with Crippen molar-refractivity contribution in [1.29, 1.82) is 0 Å². The number of aliphatic carboxylic acids is 1. The van der Waals surface area contributed by atoms with Crippen LogP contribution in [-0.2, 0) is 24.0 Å². The standard InChI is InChI=1S/C19H19N5O6S2/c1-9-11(18(28)29)6-24-16(27)14(17(24)32-9)22-15(26)13(23-30-10-4-2-3-5-10)12-7-31-19(21-12)20-8-25/h2,4,6-10,14,17H,3,5H2,1H3,(H,22,26)(H,28,29)(H,20,21,25)/t9?,10?,14?,17-/m1/s1. The quantitative estimate of drug-likeness (QED) is 0.164. The lowest BCUT2D eigenvalue weighted by Gasteiger charge is -2.48. The molecule has 0 saturated carbocycles. The number of nitrogens with zero attached hydrogens (tertiary/aromatic N) is 3. The summed E-state index contributed by atoms with van der Waals surface area (Å²) in [5.74, 6) is -2.16. The number of anilines is 1. The van der Waals surface area contributed by atoms with Gasteiger partial charge in [0.15, 0.2) is 10.8 Å². The van der Waals surface area contributed by atoms with E-state index in [2.05, 4.69) is 20.8 Å². The van der Waals surface area contributed by atoms with Gasteiger partial charge in [-0.3, -0.25) is 14.4 Å². The lowest BCUT2D eigenvalue weighted by atomic mass is 10.1. The molecule has 1 fully saturated rings. The molecule has 168 valence electrons. The van der Waals surface area contributed by atoms with E-state index in [1.165, 1.54) is 22.9 Å². The number of hydrogen-bond acceptors (Lipinski definition) is 9. The summed E-state index contributed by atoms with van der Waals surface area (Å²) in [5, 5.41) is 19.4. The first-order valence-electron chi connectivity index (χ1n) is 9.69. The van der Waals surface area contributed by atoms with E-state index in [4.69, 9.17) is 4.84 Å². The van der Waals surface area contributed by atoms with Gasteiger partial charge in [0.05, 0.1) is 5.57 Å². The van der Waals surface area contributed by atoms with Gasteiger partial charge in [-0.05, 0) is 25.8 Å². The monoisotopic (exact) mass is 477 g/mol. The molecule has 1 aromatic rings. The number of β-lactam (4-membered cyclic amide) rings is 1. The van der Waals surface area contributed by atoms with Crippen molar-refractivity contribution in [2.45, 2.75) is 42.5 Å². The van der Waals surface area contributed by atoms with Gasteiger partial charge in [0.1, 0.15) is 23.2 Å². The van der Waals surface area contributed by atoms with Crippen LogP contribution in [0.4, 0.5) is 5.13 Å². The lowest BCUT2D eigenvalue weighted by molar-refractivity contribution is -0.144. The third-order valence-electron chi connectivity index (χ3n) is 5.07. The van der Waals surface area contributed by atoms with Crippen LogP contribution in [0.3, 0.4) is 0 Å². The van der Waals surface area contributed by atoms with E-state index in [-0.39, 0.29) is 33.5 Å². The summed E-state index contributed by atoms with van der Waals surface area (Å²) in [6.45, 7) is 1.73. The molecule has 0 aromatic carbocycles. The largest absolute Gasteiger partial charge is 0.478 e. The molecule has 4 rings (SSSR count). The maximum Gasteiger partial charge on any atom is 0.334 e. The molecule has 0 spiro atoms. The molecule has 1 aliphatic carbocycles. The number of allylic oxidation sites excluding steroid dienone is 1. The SMILES string of the molecule is CC1S[C@@H]2C(NC(=O)C(=NOC3C=CCC3)c3csc(NC=O)n3)C(=O)N2C=C1C(=O)O. The van der Waals surface area contributed by atoms with Crippen molar-refractivity contribution < 1.29 is 29.1 Å². The summed E-state index contributed by atoms with van der Waals surface area (Å²) in [6.07, 6.45) is 6.91. The number of hydrogen-bond donors (Lipinski definition) is 3. The third kappa shape index (κ3) is 4.25. The van der Waals surface area contributed by atoms with Crippen molar-refractivity contribution in [2.24, 2.45) is 5.16 Å². The van der Waals surface area contributed by atoms with Crippen LogP contribution in [0.25, 0.3) is 0 Å². The first kappa shape index (κ1) is 22.0. The van der Waals surface area contributed by atoms with E-state index < -0.39 is 29.2 Å². The van der Waals surface area contributed by atoms with E-state index in [9.17, 15) is 24.3 Å². The summed E-state index contributed by atoms with van der Waals surface area (Å²) in [4.78, 5) is 58.5. The topological polar surface area (TPSA) is 150 Å². The first-order valence-corrected chi connectivity index (χ1v) is 11.5. The Bertz CT molecular complexity index is 1050. The highest BCUT2D eigenvalue weighted by Gasteiger charge is 2.52. The Morgan fingerprint density at radius 2 is 2.25 bits per heavy atom. The highest BCUT2D eigenvalue weighted by Crippen LogP contribution is 2.40. The zero-order chi connectivity index (χ0) is 22.8. The molecule has 0 bridgehead atoms. The molecule has 1 saturated heterocycles. The predicted octanol–water partition coefficient (Wildman–Crippen LogP) is 0.908. The second-order valence-corrected chi connectivity index (χ2v) is 9.46. The number of nitrogens with one attached hydrogen (secondary N) is 2. The average molecular weight is 478 g/mol. The molecule has 3 unspecified atom stereocenters. The van der Waals surface area contributed by atoms with Crippen molar-refractivity contribution in [3.05, 3.63) is 35.0 Å². The highest BCUT2D eigenvalue weighted by molar-refractivity contribution is 8.00. The van der Waals surface area contributed by atoms with Crippen molar-refractivity contribution >= 4 is 58.1 Å². The molecular formula is C19H19N5O6S2. The van der Waals surface area contributed by atoms with E-state index in [1.807, 2.05) is 12.2 Å². The predicted molar refractivity (Wildman–Crippen MR) is 117 cm³/mol. The van der Waals surface area contributed by atoms with Crippen molar-refractivity contribution in [1.82, 2.24) is 15.2 Å². The van der Waals surface area contributed by atoms with Crippen LogP contribution in [0.1, 0.15) is 25.5 Å². The van der Waals surface area contributed by atoms with E-state index >= 15 is 0 Å². The normalized spacial score (nSPS) is 26.7. The molecule has 13 heteroatoms. The Morgan fingerprint density at radius 3 is 2.94 bits per heavy atom. The minimum atomic E-state index is -1.08. The number of oxime groups is 1. The van der Waals surface area contributed by atoms with Crippen LogP contribution in [0.15, 0.2) is 34.5 Å². The minimum Gasteiger partial charge on any atom is -0.478 e. The van der Waals surface area contributed by atoms with Gasteiger partial charge >= 0.3 is 5.97 Å². The molecule has 0 radical (unpaired) electrons. The fourth-order valence-electron chi connectivity index (χ4n) is 3.39. The molecule has 3 aliphatic rings. The molecular weight excluding hydrogens is 458 g/mol. The first-order chi connectivity index (χ1) is 15.4. The molecule has 11 nitrogen and oxygen atoms in total. The Balaban J connectivity index is 1.52. The van der Waals surface area contributed by atoms with Crippen LogP contribution in [-0.4, -0.2) is 67.7 Å². The Hall–Kier alpha value is -3.19. The molecule has 3 N–H and O–H groups in total. The second-order valence-electron chi connectivity index (χ2n) is 7.14. The maximum absolute atomic E-state index is 13.0. The number of rotatable bonds is 8. The van der Waals surface area contributed by atoms with Crippen LogP contribution in [0, 0.1) is 0 Å². The zero-order valence-electron chi connectivity index (χ0n) is 16.8. The average Bonchev–Trinajstić information content (AvgIpc) is 3.44. The molecule has 32 heavy (non-hydrogen) atoms. The summed E-state index contributed by atoms with van der Waals surface area (Å²) < 4.78 is 0. The fourth-order valence-corrected chi connectivity index (χ4v) is 5.41. The number of thiazole rings is 1. The smallest absolute Gasteiger partial charge is 0.334 e. The van der Waals surface area contributed by atoms with Gasteiger partial charge in [0.25, 0.3) is 11.8 Å². The number of fused-ring (bicyclic) bond motifs is 1. The van der Waals surface area contributed by atoms with Crippen molar-refractivity contribution in [3.63, 3.8) is 0 Å². The van der Waals surface area contributed by atoms with Crippen LogP contribution < -0.4 is 10.6 Å². The second kappa shape index (κ2) is 9.12. The number of aromatic nitrogens is 1.